The van der Waals surface area contributed by atoms with Crippen molar-refractivity contribution in [3.8, 4) is 0 Å². The van der Waals surface area contributed by atoms with E-state index in [0.29, 0.717) is 27.9 Å². The third-order valence-corrected chi connectivity index (χ3v) is 5.87. The van der Waals surface area contributed by atoms with E-state index in [2.05, 4.69) is 11.8 Å². The Kier molecular flexibility index (Phi) is 4.98. The molecule has 28 heavy (non-hydrogen) atoms. The minimum Gasteiger partial charge on any atom is -0.366 e. The van der Waals surface area contributed by atoms with Gasteiger partial charge in [-0.25, -0.2) is 4.90 Å². The predicted molar refractivity (Wildman–Crippen MR) is 112 cm³/mol. The zero-order valence-electron chi connectivity index (χ0n) is 16.1. The van der Waals surface area contributed by atoms with Crippen molar-refractivity contribution in [2.75, 3.05) is 18.0 Å². The summed E-state index contributed by atoms with van der Waals surface area (Å²) in [5.41, 5.74) is 3.17. The number of anilines is 1. The van der Waals surface area contributed by atoms with Crippen LogP contribution in [0.4, 0.5) is 5.69 Å². The van der Waals surface area contributed by atoms with Gasteiger partial charge in [-0.2, -0.15) is 0 Å². The van der Waals surface area contributed by atoms with Gasteiger partial charge in [-0.1, -0.05) is 54.9 Å². The molecule has 2 heterocycles. The van der Waals surface area contributed by atoms with Gasteiger partial charge in [-0.05, 0) is 48.9 Å². The summed E-state index contributed by atoms with van der Waals surface area (Å²) in [6.45, 7) is 5.69. The molecule has 2 aromatic rings. The Balaban J connectivity index is 1.83. The van der Waals surface area contributed by atoms with Crippen LogP contribution in [0.3, 0.4) is 0 Å². The number of carbonyl (C=O) groups excluding carboxylic acids is 2. The number of amides is 2. The molecule has 2 aromatic carbocycles. The van der Waals surface area contributed by atoms with Crippen molar-refractivity contribution in [2.24, 2.45) is 5.92 Å². The van der Waals surface area contributed by atoms with Gasteiger partial charge in [0.15, 0.2) is 0 Å². The summed E-state index contributed by atoms with van der Waals surface area (Å²) in [5, 5.41) is 0.503. The Labute approximate surface area is 170 Å². The molecule has 1 saturated heterocycles. The number of aryl methyl sites for hydroxylation is 1. The van der Waals surface area contributed by atoms with Crippen LogP contribution < -0.4 is 4.90 Å². The predicted octanol–water partition coefficient (Wildman–Crippen LogP) is 4.66. The maximum absolute atomic E-state index is 13.5. The molecule has 2 aliphatic rings. The number of hydrogen-bond donors (Lipinski definition) is 0. The van der Waals surface area contributed by atoms with E-state index in [1.807, 2.05) is 43.3 Å². The molecule has 0 radical (unpaired) electrons. The maximum atomic E-state index is 13.5. The lowest BCUT2D eigenvalue weighted by Gasteiger charge is -2.32. The van der Waals surface area contributed by atoms with Crippen molar-refractivity contribution in [2.45, 2.75) is 26.7 Å². The number of likely N-dealkylation sites (tertiary alicyclic amines) is 1. The lowest BCUT2D eigenvalue weighted by molar-refractivity contribution is -0.120. The first-order valence-electron chi connectivity index (χ1n) is 9.67. The second kappa shape index (κ2) is 7.44. The second-order valence-corrected chi connectivity index (χ2v) is 8.07. The number of halogens is 1. The highest BCUT2D eigenvalue weighted by Crippen LogP contribution is 2.38. The smallest absolute Gasteiger partial charge is 0.282 e. The zero-order valence-corrected chi connectivity index (χ0v) is 16.9. The number of imide groups is 1. The summed E-state index contributed by atoms with van der Waals surface area (Å²) in [5.74, 6) is 0.0921. The number of carbonyl (C=O) groups is 2. The largest absolute Gasteiger partial charge is 0.366 e. The van der Waals surface area contributed by atoms with E-state index in [1.54, 1.807) is 12.1 Å². The van der Waals surface area contributed by atoms with E-state index in [-0.39, 0.29) is 11.8 Å². The van der Waals surface area contributed by atoms with Crippen molar-refractivity contribution in [3.05, 3.63) is 70.4 Å². The van der Waals surface area contributed by atoms with Crippen LogP contribution >= 0.6 is 11.6 Å². The van der Waals surface area contributed by atoms with Crippen LogP contribution in [-0.4, -0.2) is 29.8 Å². The summed E-state index contributed by atoms with van der Waals surface area (Å²) in [6.07, 6.45) is 2.03. The Morgan fingerprint density at radius 3 is 2.32 bits per heavy atom. The monoisotopic (exact) mass is 394 g/mol. The quantitative estimate of drug-likeness (QED) is 0.710. The normalized spacial score (nSPS) is 18.4. The number of hydrogen-bond acceptors (Lipinski definition) is 3. The molecular formula is C23H23ClN2O2. The Hall–Kier alpha value is -2.59. The fourth-order valence-electron chi connectivity index (χ4n) is 3.95. The van der Waals surface area contributed by atoms with Crippen LogP contribution in [0.2, 0.25) is 5.02 Å². The molecule has 4 nitrogen and oxygen atoms in total. The van der Waals surface area contributed by atoms with Gasteiger partial charge in [0.1, 0.15) is 5.70 Å². The van der Waals surface area contributed by atoms with Crippen LogP contribution in [-0.2, 0) is 9.59 Å². The molecule has 0 aromatic heterocycles. The third kappa shape index (κ3) is 3.22. The first-order chi connectivity index (χ1) is 13.5. The highest BCUT2D eigenvalue weighted by molar-refractivity contribution is 6.45. The van der Waals surface area contributed by atoms with Crippen LogP contribution in [0.5, 0.6) is 0 Å². The van der Waals surface area contributed by atoms with Crippen LogP contribution in [0.1, 0.15) is 30.9 Å². The molecule has 5 heteroatoms. The minimum atomic E-state index is -0.282. The van der Waals surface area contributed by atoms with Crippen molar-refractivity contribution >= 4 is 34.7 Å². The van der Waals surface area contributed by atoms with E-state index >= 15 is 0 Å². The molecule has 0 N–H and O–H groups in total. The number of piperidine rings is 1. The average Bonchev–Trinajstić information content (AvgIpc) is 2.95. The van der Waals surface area contributed by atoms with Gasteiger partial charge in [0.25, 0.3) is 11.8 Å². The van der Waals surface area contributed by atoms with Crippen LogP contribution in [0, 0.1) is 12.8 Å². The van der Waals surface area contributed by atoms with Gasteiger partial charge in [-0.3, -0.25) is 9.59 Å². The van der Waals surface area contributed by atoms with Gasteiger partial charge in [-0.15, -0.1) is 0 Å². The van der Waals surface area contributed by atoms with E-state index in [0.717, 1.165) is 37.1 Å². The molecule has 0 spiro atoms. The number of benzene rings is 2. The van der Waals surface area contributed by atoms with Crippen molar-refractivity contribution < 1.29 is 9.59 Å². The highest BCUT2D eigenvalue weighted by Gasteiger charge is 2.43. The molecule has 2 amide bonds. The summed E-state index contributed by atoms with van der Waals surface area (Å²) < 4.78 is 0. The number of rotatable bonds is 3. The van der Waals surface area contributed by atoms with Gasteiger partial charge < -0.3 is 4.90 Å². The first-order valence-corrected chi connectivity index (χ1v) is 10.0. The molecule has 0 aliphatic carbocycles. The van der Waals surface area contributed by atoms with E-state index in [4.69, 9.17) is 11.6 Å². The molecule has 0 atom stereocenters. The lowest BCUT2D eigenvalue weighted by atomic mass is 9.97. The zero-order chi connectivity index (χ0) is 19.8. The topological polar surface area (TPSA) is 40.6 Å². The summed E-state index contributed by atoms with van der Waals surface area (Å²) in [4.78, 5) is 30.4. The van der Waals surface area contributed by atoms with Crippen molar-refractivity contribution in [1.82, 2.24) is 4.90 Å². The molecular weight excluding hydrogens is 372 g/mol. The molecule has 4 rings (SSSR count). The van der Waals surface area contributed by atoms with E-state index < -0.39 is 0 Å². The maximum Gasteiger partial charge on any atom is 0.282 e. The van der Waals surface area contributed by atoms with Gasteiger partial charge >= 0.3 is 0 Å². The molecule has 2 aliphatic heterocycles. The first kappa shape index (κ1) is 18.8. The summed E-state index contributed by atoms with van der Waals surface area (Å²) >= 11 is 6.17. The van der Waals surface area contributed by atoms with E-state index in [1.165, 1.54) is 4.90 Å². The molecule has 0 unspecified atom stereocenters. The summed E-state index contributed by atoms with van der Waals surface area (Å²) in [6, 6.07) is 14.8. The van der Waals surface area contributed by atoms with Gasteiger partial charge in [0, 0.05) is 18.1 Å². The Morgan fingerprint density at radius 2 is 1.64 bits per heavy atom. The van der Waals surface area contributed by atoms with Crippen LogP contribution in [0.15, 0.2) is 54.2 Å². The lowest BCUT2D eigenvalue weighted by Crippen LogP contribution is -2.38. The Morgan fingerprint density at radius 1 is 0.964 bits per heavy atom. The van der Waals surface area contributed by atoms with E-state index in [9.17, 15) is 9.59 Å². The van der Waals surface area contributed by atoms with Gasteiger partial charge in [0.05, 0.1) is 11.3 Å². The summed E-state index contributed by atoms with van der Waals surface area (Å²) in [7, 11) is 0. The fourth-order valence-corrected chi connectivity index (χ4v) is 4.12. The van der Waals surface area contributed by atoms with Gasteiger partial charge in [0.2, 0.25) is 0 Å². The second-order valence-electron chi connectivity index (χ2n) is 7.64. The van der Waals surface area contributed by atoms with Crippen LogP contribution in [0.25, 0.3) is 5.57 Å². The highest BCUT2D eigenvalue weighted by atomic mass is 35.5. The molecule has 1 fully saturated rings. The minimum absolute atomic E-state index is 0.260. The van der Waals surface area contributed by atoms with Crippen molar-refractivity contribution in [3.63, 3.8) is 0 Å². The molecule has 0 bridgehead atoms. The van der Waals surface area contributed by atoms with Crippen molar-refractivity contribution in [1.29, 1.82) is 0 Å². The Bertz CT molecular complexity index is 960. The standard InChI is InChI=1S/C23H23ClN2O2/c1-15-10-12-25(13-11-15)21-20(17-6-4-3-5-7-17)22(27)26(23(21)28)19-14-18(24)9-8-16(19)2/h3-9,14-15H,10-13H2,1-2H3. The average molecular weight is 395 g/mol. The SMILES string of the molecule is Cc1ccc(Cl)cc1N1C(=O)C(c2ccccc2)=C(N2CCC(C)CC2)C1=O. The molecule has 144 valence electrons. The number of nitrogens with zero attached hydrogens (tertiary/aromatic N) is 2. The third-order valence-electron chi connectivity index (χ3n) is 5.63. The fraction of sp³-hybridized carbons (Fsp3) is 0.304. The molecule has 0 saturated carbocycles.